The largest absolute Gasteiger partial charge is 0.466 e. The first-order valence-corrected chi connectivity index (χ1v) is 16.8. The second kappa shape index (κ2) is 21.9. The van der Waals surface area contributed by atoms with Crippen molar-refractivity contribution in [1.82, 2.24) is 19.5 Å². The van der Waals surface area contributed by atoms with Gasteiger partial charge in [-0.15, -0.1) is 0 Å². The summed E-state index contributed by atoms with van der Waals surface area (Å²) in [6, 6.07) is -0.685. The van der Waals surface area contributed by atoms with Gasteiger partial charge in [-0.25, -0.2) is 9.97 Å². The molecule has 0 saturated heterocycles. The van der Waals surface area contributed by atoms with Gasteiger partial charge in [-0.1, -0.05) is 111 Å². The van der Waals surface area contributed by atoms with Crippen molar-refractivity contribution in [3.8, 4) is 0 Å². The summed E-state index contributed by atoms with van der Waals surface area (Å²) < 4.78 is 12.9. The van der Waals surface area contributed by atoms with E-state index in [1.54, 1.807) is 12.5 Å². The third kappa shape index (κ3) is 15.5. The van der Waals surface area contributed by atoms with Crippen molar-refractivity contribution < 1.29 is 19.1 Å². The Morgan fingerprint density at radius 2 is 1.44 bits per heavy atom. The van der Waals surface area contributed by atoms with Crippen molar-refractivity contribution in [2.75, 3.05) is 18.9 Å². The number of carbonyl (C=O) groups is 2. The molecule has 2 rings (SSSR count). The van der Waals surface area contributed by atoms with Gasteiger partial charge in [0.25, 0.3) is 0 Å². The highest BCUT2D eigenvalue weighted by atomic mass is 16.5. The fourth-order valence-electron chi connectivity index (χ4n) is 5.13. The van der Waals surface area contributed by atoms with Crippen LogP contribution in [0.5, 0.6) is 0 Å². The predicted octanol–water partition coefficient (Wildman–Crippen LogP) is 6.75. The minimum atomic E-state index is -0.685. The number of nitrogens with zero attached hydrogens (tertiary/aromatic N) is 4. The molecule has 10 heteroatoms. The molecule has 10 nitrogen and oxygen atoms in total. The Morgan fingerprint density at radius 3 is 2.02 bits per heavy atom. The Kier molecular flexibility index (Phi) is 18.5. The zero-order valence-corrected chi connectivity index (χ0v) is 27.1. The molecule has 0 fully saturated rings. The molecule has 2 heterocycles. The molecule has 0 aliphatic rings. The number of rotatable bonds is 25. The van der Waals surface area contributed by atoms with Crippen LogP contribution in [0.1, 0.15) is 130 Å². The Balaban J connectivity index is 1.62. The van der Waals surface area contributed by atoms with E-state index in [0.29, 0.717) is 30.6 Å². The lowest BCUT2D eigenvalue weighted by Crippen LogP contribution is -2.38. The molecular weight excluding hydrogens is 544 g/mol. The predicted molar refractivity (Wildman–Crippen MR) is 172 cm³/mol. The van der Waals surface area contributed by atoms with Crippen molar-refractivity contribution in [2.45, 2.75) is 143 Å². The lowest BCUT2D eigenvalue weighted by molar-refractivity contribution is -0.149. The molecule has 43 heavy (non-hydrogen) atoms. The fourth-order valence-corrected chi connectivity index (χ4v) is 5.13. The van der Waals surface area contributed by atoms with Crippen molar-refractivity contribution in [3.05, 3.63) is 12.5 Å². The maximum Gasteiger partial charge on any atom is 0.323 e. The van der Waals surface area contributed by atoms with Crippen molar-refractivity contribution >= 4 is 29.1 Å². The maximum absolute atomic E-state index is 12.4. The van der Waals surface area contributed by atoms with Gasteiger partial charge in [0.1, 0.15) is 11.6 Å². The molecule has 0 aromatic carbocycles. The average Bonchev–Trinajstić information content (AvgIpc) is 3.38. The number of carbonyl (C=O) groups excluding carboxylic acids is 2. The maximum atomic E-state index is 12.4. The van der Waals surface area contributed by atoms with Crippen LogP contribution in [-0.4, -0.2) is 50.7 Å². The van der Waals surface area contributed by atoms with E-state index in [9.17, 15) is 9.59 Å². The zero-order valence-electron chi connectivity index (χ0n) is 27.1. The zero-order chi connectivity index (χ0) is 31.3. The summed E-state index contributed by atoms with van der Waals surface area (Å²) in [6.07, 6.45) is 23.6. The molecule has 1 unspecified atom stereocenters. The number of fused-ring (bicyclic) bond motifs is 1. The number of ether oxygens (including phenoxy) is 2. The Labute approximate surface area is 259 Å². The second-order valence-corrected chi connectivity index (χ2v) is 12.3. The highest BCUT2D eigenvalue weighted by Gasteiger charge is 2.22. The lowest BCUT2D eigenvalue weighted by atomic mass is 10.0. The first-order valence-electron chi connectivity index (χ1n) is 16.8. The van der Waals surface area contributed by atoms with Crippen molar-refractivity contribution in [3.63, 3.8) is 0 Å². The van der Waals surface area contributed by atoms with Crippen molar-refractivity contribution in [2.24, 2.45) is 17.6 Å². The summed E-state index contributed by atoms with van der Waals surface area (Å²) in [5.41, 5.74) is 13.0. The molecule has 0 amide bonds. The third-order valence-corrected chi connectivity index (χ3v) is 8.06. The van der Waals surface area contributed by atoms with Gasteiger partial charge in [-0.3, -0.25) is 9.59 Å². The number of hydrogen-bond acceptors (Lipinski definition) is 9. The van der Waals surface area contributed by atoms with Crippen LogP contribution in [-0.2, 0) is 25.6 Å². The molecule has 0 bridgehead atoms. The Hall–Kier alpha value is -2.75. The van der Waals surface area contributed by atoms with Crippen LogP contribution in [0, 0.1) is 11.8 Å². The van der Waals surface area contributed by atoms with Crippen LogP contribution in [0.2, 0.25) is 0 Å². The Bertz CT molecular complexity index is 1040. The van der Waals surface area contributed by atoms with Crippen LogP contribution in [0.25, 0.3) is 11.2 Å². The number of nitrogen functional groups attached to an aromatic ring is 1. The first-order chi connectivity index (χ1) is 20.8. The van der Waals surface area contributed by atoms with Crippen LogP contribution in [0.15, 0.2) is 12.5 Å². The second-order valence-electron chi connectivity index (χ2n) is 12.3. The monoisotopic (exact) mass is 602 g/mol. The number of imidazole rings is 1. The van der Waals surface area contributed by atoms with Crippen LogP contribution >= 0.6 is 0 Å². The number of unbranched alkanes of at least 4 members (excludes halogenated alkanes) is 14. The van der Waals surface area contributed by atoms with E-state index in [0.717, 1.165) is 12.8 Å². The third-order valence-electron chi connectivity index (χ3n) is 8.06. The van der Waals surface area contributed by atoms with E-state index in [4.69, 9.17) is 20.9 Å². The lowest BCUT2D eigenvalue weighted by Gasteiger charge is -2.20. The highest BCUT2D eigenvalue weighted by Crippen LogP contribution is 2.17. The summed E-state index contributed by atoms with van der Waals surface area (Å²) in [7, 11) is 0. The Morgan fingerprint density at radius 1 is 0.860 bits per heavy atom. The molecule has 0 spiro atoms. The minimum Gasteiger partial charge on any atom is -0.466 e. The van der Waals surface area contributed by atoms with E-state index in [-0.39, 0.29) is 37.0 Å². The van der Waals surface area contributed by atoms with Gasteiger partial charge in [-0.05, 0) is 18.8 Å². The summed E-state index contributed by atoms with van der Waals surface area (Å²) in [6.45, 7) is 6.89. The summed E-state index contributed by atoms with van der Waals surface area (Å²) in [4.78, 5) is 37.3. The molecule has 4 N–H and O–H groups in total. The molecule has 244 valence electrons. The van der Waals surface area contributed by atoms with E-state index >= 15 is 0 Å². The van der Waals surface area contributed by atoms with E-state index in [1.807, 2.05) is 18.4 Å². The van der Waals surface area contributed by atoms with Gasteiger partial charge in [0.2, 0.25) is 5.95 Å². The SMILES string of the molecule is CCCCCCCCCCCCCCCCCC(=O)OCCC(COC(=O)[C@@H](N)C(C)C)Cn1cnc2cnc(N)nc21. The van der Waals surface area contributed by atoms with E-state index in [2.05, 4.69) is 21.9 Å². The number of esters is 2. The summed E-state index contributed by atoms with van der Waals surface area (Å²) >= 11 is 0. The first kappa shape index (κ1) is 36.4. The molecule has 2 aromatic heterocycles. The number of hydrogen-bond donors (Lipinski definition) is 2. The van der Waals surface area contributed by atoms with Crippen molar-refractivity contribution in [1.29, 1.82) is 0 Å². The van der Waals surface area contributed by atoms with Crippen LogP contribution < -0.4 is 11.5 Å². The summed E-state index contributed by atoms with van der Waals surface area (Å²) in [5.74, 6) is -0.611. The number of anilines is 1. The van der Waals surface area contributed by atoms with Gasteiger partial charge in [0, 0.05) is 18.9 Å². The standard InChI is InChI=1S/C33H58N6O4/c1-4-5-6-7-8-9-10-11-12-13-14-15-16-17-18-19-29(40)42-21-20-27(24-43-32(41)30(34)26(2)3)23-39-25-37-28-22-36-33(35)38-31(28)39/h22,25-27,30H,4-21,23-24,34H2,1-3H3,(H2,35,36,38)/t27?,30-/m0/s1. The topological polar surface area (TPSA) is 148 Å². The van der Waals surface area contributed by atoms with Crippen LogP contribution in [0.3, 0.4) is 0 Å². The van der Waals surface area contributed by atoms with Crippen LogP contribution in [0.4, 0.5) is 5.95 Å². The quantitative estimate of drug-likeness (QED) is 0.0930. The molecular formula is C33H58N6O4. The van der Waals surface area contributed by atoms with E-state index in [1.165, 1.54) is 83.5 Å². The highest BCUT2D eigenvalue weighted by molar-refractivity contribution is 5.75. The average molecular weight is 603 g/mol. The van der Waals surface area contributed by atoms with Gasteiger partial charge in [0.15, 0.2) is 5.65 Å². The summed E-state index contributed by atoms with van der Waals surface area (Å²) in [5, 5.41) is 0. The van der Waals surface area contributed by atoms with Gasteiger partial charge in [0.05, 0.1) is 25.7 Å². The molecule has 0 saturated carbocycles. The smallest absolute Gasteiger partial charge is 0.323 e. The molecule has 0 aliphatic carbocycles. The number of nitrogens with two attached hydrogens (primary N) is 2. The normalized spacial score (nSPS) is 13.0. The molecule has 0 radical (unpaired) electrons. The molecule has 2 aromatic rings. The van der Waals surface area contributed by atoms with E-state index < -0.39 is 12.0 Å². The molecule has 2 atom stereocenters. The fraction of sp³-hybridized carbons (Fsp3) is 0.788. The van der Waals surface area contributed by atoms with Gasteiger partial charge >= 0.3 is 11.9 Å². The number of aromatic nitrogens is 4. The minimum absolute atomic E-state index is 0.0242. The van der Waals surface area contributed by atoms with Gasteiger partial charge in [-0.2, -0.15) is 4.98 Å². The molecule has 0 aliphatic heterocycles. The van der Waals surface area contributed by atoms with Gasteiger partial charge < -0.3 is 25.5 Å².